The molecule has 1 atom stereocenters. The van der Waals surface area contributed by atoms with Crippen molar-refractivity contribution < 1.29 is 4.79 Å². The first-order valence-electron chi connectivity index (χ1n) is 7.63. The summed E-state index contributed by atoms with van der Waals surface area (Å²) in [5.41, 5.74) is 1.23. The van der Waals surface area contributed by atoms with Crippen molar-refractivity contribution in [3.8, 4) is 0 Å². The molecular formula is C16H25N3O. The summed E-state index contributed by atoms with van der Waals surface area (Å²) < 4.78 is 0. The third kappa shape index (κ3) is 3.71. The summed E-state index contributed by atoms with van der Waals surface area (Å²) >= 11 is 0. The summed E-state index contributed by atoms with van der Waals surface area (Å²) in [6.45, 7) is 3.85. The number of likely N-dealkylation sites (tertiary alicyclic amines) is 1. The van der Waals surface area contributed by atoms with E-state index < -0.39 is 0 Å². The number of carbonyl (C=O) groups is 1. The number of hydrogen-bond acceptors (Lipinski definition) is 2. The van der Waals surface area contributed by atoms with Crippen LogP contribution < -0.4 is 0 Å². The zero-order chi connectivity index (χ0) is 14.4. The van der Waals surface area contributed by atoms with Gasteiger partial charge in [-0.05, 0) is 49.8 Å². The Morgan fingerprint density at radius 1 is 1.40 bits per heavy atom. The van der Waals surface area contributed by atoms with E-state index in [-0.39, 0.29) is 6.03 Å². The second-order valence-corrected chi connectivity index (χ2v) is 5.56. The molecule has 20 heavy (non-hydrogen) atoms. The number of pyridine rings is 1. The van der Waals surface area contributed by atoms with Crippen molar-refractivity contribution in [3.05, 3.63) is 30.1 Å². The largest absolute Gasteiger partial charge is 0.327 e. The standard InChI is InChI=1S/C16H25N3O/c1-3-15-6-4-5-12-19(15)16(20)18(2)13-9-14-7-10-17-11-8-14/h7-8,10-11,15H,3-6,9,12-13H2,1-2H3. The molecule has 1 aliphatic heterocycles. The maximum absolute atomic E-state index is 12.5. The molecule has 0 bridgehead atoms. The lowest BCUT2D eigenvalue weighted by Crippen LogP contribution is -2.49. The predicted octanol–water partition coefficient (Wildman–Crippen LogP) is 2.94. The molecule has 0 radical (unpaired) electrons. The van der Waals surface area contributed by atoms with E-state index in [9.17, 15) is 4.79 Å². The minimum absolute atomic E-state index is 0.186. The molecule has 0 aliphatic carbocycles. The van der Waals surface area contributed by atoms with Crippen LogP contribution in [-0.4, -0.2) is 47.0 Å². The number of amides is 2. The van der Waals surface area contributed by atoms with Gasteiger partial charge in [0, 0.05) is 38.6 Å². The molecule has 4 nitrogen and oxygen atoms in total. The third-order valence-corrected chi connectivity index (χ3v) is 4.16. The minimum Gasteiger partial charge on any atom is -0.327 e. The molecule has 1 saturated heterocycles. The van der Waals surface area contributed by atoms with Crippen molar-refractivity contribution in [2.45, 2.75) is 45.1 Å². The van der Waals surface area contributed by atoms with Crippen LogP contribution in [0.4, 0.5) is 4.79 Å². The van der Waals surface area contributed by atoms with Crippen LogP contribution in [0.1, 0.15) is 38.2 Å². The number of likely N-dealkylation sites (N-methyl/N-ethyl adjacent to an activating group) is 1. The molecule has 4 heteroatoms. The van der Waals surface area contributed by atoms with Gasteiger partial charge < -0.3 is 9.80 Å². The maximum atomic E-state index is 12.5. The van der Waals surface area contributed by atoms with E-state index in [0.29, 0.717) is 6.04 Å². The molecule has 2 heterocycles. The summed E-state index contributed by atoms with van der Waals surface area (Å²) in [6.07, 6.45) is 9.09. The topological polar surface area (TPSA) is 36.4 Å². The Morgan fingerprint density at radius 2 is 2.15 bits per heavy atom. The Kier molecular flexibility index (Phi) is 5.39. The molecular weight excluding hydrogens is 250 g/mol. The third-order valence-electron chi connectivity index (χ3n) is 4.16. The number of carbonyl (C=O) groups excluding carboxylic acids is 1. The van der Waals surface area contributed by atoms with Gasteiger partial charge in [-0.1, -0.05) is 6.92 Å². The Labute approximate surface area is 121 Å². The van der Waals surface area contributed by atoms with Crippen LogP contribution >= 0.6 is 0 Å². The van der Waals surface area contributed by atoms with Crippen LogP contribution in [0.5, 0.6) is 0 Å². The van der Waals surface area contributed by atoms with Gasteiger partial charge in [-0.15, -0.1) is 0 Å². The van der Waals surface area contributed by atoms with Gasteiger partial charge in [-0.3, -0.25) is 4.98 Å². The first-order valence-corrected chi connectivity index (χ1v) is 7.63. The van der Waals surface area contributed by atoms with Crippen molar-refractivity contribution in [1.29, 1.82) is 0 Å². The second-order valence-electron chi connectivity index (χ2n) is 5.56. The first kappa shape index (κ1) is 14.8. The SMILES string of the molecule is CCC1CCCCN1C(=O)N(C)CCc1ccncc1. The van der Waals surface area contributed by atoms with E-state index in [4.69, 9.17) is 0 Å². The predicted molar refractivity (Wildman–Crippen MR) is 80.6 cm³/mol. The van der Waals surface area contributed by atoms with Crippen LogP contribution in [0.25, 0.3) is 0 Å². The average Bonchev–Trinajstić information content (AvgIpc) is 2.52. The number of hydrogen-bond donors (Lipinski definition) is 0. The van der Waals surface area contributed by atoms with Crippen LogP contribution in [0.2, 0.25) is 0 Å². The molecule has 0 spiro atoms. The van der Waals surface area contributed by atoms with E-state index in [1.807, 2.05) is 24.1 Å². The van der Waals surface area contributed by atoms with Crippen molar-refractivity contribution in [2.24, 2.45) is 0 Å². The molecule has 1 fully saturated rings. The molecule has 0 N–H and O–H groups in total. The lowest BCUT2D eigenvalue weighted by atomic mass is 10.0. The normalized spacial score (nSPS) is 18.9. The molecule has 110 valence electrons. The lowest BCUT2D eigenvalue weighted by Gasteiger charge is -2.37. The first-order chi connectivity index (χ1) is 9.72. The molecule has 1 aliphatic rings. The number of aromatic nitrogens is 1. The molecule has 2 rings (SSSR count). The van der Waals surface area contributed by atoms with Crippen molar-refractivity contribution in [3.63, 3.8) is 0 Å². The van der Waals surface area contributed by atoms with Crippen molar-refractivity contribution >= 4 is 6.03 Å². The maximum Gasteiger partial charge on any atom is 0.319 e. The summed E-state index contributed by atoms with van der Waals surface area (Å²) in [5, 5.41) is 0. The van der Waals surface area contributed by atoms with E-state index in [1.54, 1.807) is 12.4 Å². The van der Waals surface area contributed by atoms with Crippen molar-refractivity contribution in [1.82, 2.24) is 14.8 Å². The van der Waals surface area contributed by atoms with Crippen molar-refractivity contribution in [2.75, 3.05) is 20.1 Å². The zero-order valence-electron chi connectivity index (χ0n) is 12.6. The highest BCUT2D eigenvalue weighted by Crippen LogP contribution is 2.20. The minimum atomic E-state index is 0.186. The van der Waals surface area contributed by atoms with Gasteiger partial charge in [-0.25, -0.2) is 4.79 Å². The van der Waals surface area contributed by atoms with Gasteiger partial charge in [-0.2, -0.15) is 0 Å². The van der Waals surface area contributed by atoms with Crippen LogP contribution in [0.15, 0.2) is 24.5 Å². The highest BCUT2D eigenvalue weighted by atomic mass is 16.2. The molecule has 1 aromatic rings. The number of rotatable bonds is 4. The van der Waals surface area contributed by atoms with Gasteiger partial charge in [0.05, 0.1) is 0 Å². The molecule has 2 amide bonds. The van der Waals surface area contributed by atoms with Gasteiger partial charge in [0.2, 0.25) is 0 Å². The fraction of sp³-hybridized carbons (Fsp3) is 0.625. The van der Waals surface area contributed by atoms with E-state index in [0.717, 1.165) is 38.8 Å². The van der Waals surface area contributed by atoms with E-state index in [1.165, 1.54) is 12.0 Å². The summed E-state index contributed by atoms with van der Waals surface area (Å²) in [7, 11) is 1.91. The zero-order valence-corrected chi connectivity index (χ0v) is 12.6. The lowest BCUT2D eigenvalue weighted by molar-refractivity contribution is 0.121. The van der Waals surface area contributed by atoms with Gasteiger partial charge >= 0.3 is 6.03 Å². The Balaban J connectivity index is 1.87. The quantitative estimate of drug-likeness (QED) is 0.847. The molecule has 0 saturated carbocycles. The fourth-order valence-electron chi connectivity index (χ4n) is 2.84. The summed E-state index contributed by atoms with van der Waals surface area (Å²) in [6, 6.07) is 4.63. The second kappa shape index (κ2) is 7.27. The number of piperidine rings is 1. The fourth-order valence-corrected chi connectivity index (χ4v) is 2.84. The van der Waals surface area contributed by atoms with Gasteiger partial charge in [0.1, 0.15) is 0 Å². The number of urea groups is 1. The van der Waals surface area contributed by atoms with Crippen LogP contribution in [0, 0.1) is 0 Å². The van der Waals surface area contributed by atoms with Gasteiger partial charge in [0.15, 0.2) is 0 Å². The highest BCUT2D eigenvalue weighted by molar-refractivity contribution is 5.74. The van der Waals surface area contributed by atoms with Crippen LogP contribution in [0.3, 0.4) is 0 Å². The van der Waals surface area contributed by atoms with E-state index in [2.05, 4.69) is 16.8 Å². The Morgan fingerprint density at radius 3 is 2.85 bits per heavy atom. The average molecular weight is 275 g/mol. The van der Waals surface area contributed by atoms with E-state index >= 15 is 0 Å². The monoisotopic (exact) mass is 275 g/mol. The molecule has 1 unspecified atom stereocenters. The summed E-state index contributed by atoms with van der Waals surface area (Å²) in [4.78, 5) is 20.5. The van der Waals surface area contributed by atoms with Crippen LogP contribution in [-0.2, 0) is 6.42 Å². The molecule has 0 aromatic carbocycles. The Hall–Kier alpha value is -1.58. The Bertz CT molecular complexity index is 421. The summed E-state index contributed by atoms with van der Waals surface area (Å²) in [5.74, 6) is 0. The smallest absolute Gasteiger partial charge is 0.319 e. The van der Waals surface area contributed by atoms with Gasteiger partial charge in [0.25, 0.3) is 0 Å². The molecule has 1 aromatic heterocycles. The number of nitrogens with zero attached hydrogens (tertiary/aromatic N) is 3. The highest BCUT2D eigenvalue weighted by Gasteiger charge is 2.27.